The number of nitrogens with zero attached hydrogens (tertiary/aromatic N) is 3. The summed E-state index contributed by atoms with van der Waals surface area (Å²) >= 11 is 0. The van der Waals surface area contributed by atoms with Crippen LogP contribution in [-0.4, -0.2) is 53.5 Å². The molecule has 0 amide bonds. The monoisotopic (exact) mass is 493 g/mol. The number of carbonyl (C=O) groups is 1. The summed E-state index contributed by atoms with van der Waals surface area (Å²) in [4.78, 5) is 35.2. The number of rotatable bonds is 7. The van der Waals surface area contributed by atoms with Crippen molar-refractivity contribution in [2.24, 2.45) is 0 Å². The molecule has 0 spiro atoms. The molecule has 4 rings (SSSR count). The van der Waals surface area contributed by atoms with Crippen molar-refractivity contribution in [3.63, 3.8) is 0 Å². The van der Waals surface area contributed by atoms with Crippen LogP contribution in [0.1, 0.15) is 27.3 Å². The summed E-state index contributed by atoms with van der Waals surface area (Å²) in [6.45, 7) is 1.28. The first-order valence-electron chi connectivity index (χ1n) is 10.7. The Kier molecular flexibility index (Phi) is 6.77. The van der Waals surface area contributed by atoms with E-state index in [0.717, 1.165) is 0 Å². The molecule has 0 aliphatic rings. The predicted molar refractivity (Wildman–Crippen MR) is 130 cm³/mol. The number of aliphatic hydroxyl groups excluding tert-OH is 1. The van der Waals surface area contributed by atoms with E-state index in [1.807, 2.05) is 18.2 Å². The Morgan fingerprint density at radius 2 is 1.83 bits per heavy atom. The molecule has 35 heavy (non-hydrogen) atoms. The summed E-state index contributed by atoms with van der Waals surface area (Å²) in [6.07, 6.45) is 1.35. The smallest absolute Gasteiger partial charge is 0.355 e. The van der Waals surface area contributed by atoms with Gasteiger partial charge in [-0.3, -0.25) is 9.36 Å². The lowest BCUT2D eigenvalue weighted by Crippen LogP contribution is -2.25. The number of benzene rings is 1. The number of fused-ring (bicyclic) bond motifs is 1. The standard InChI is InChI=1S/C25H23N3O6S/c1-16-8-10-19-23(30)20(14-17-9-11-21(26-15-17)35(32,33)13-12-29)22(25(31)34-2)28(24(19)27-16)18-6-4-3-5-7-18/h3-11,15,29H,12-14H2,1-2H3. The average molecular weight is 494 g/mol. The van der Waals surface area contributed by atoms with Crippen LogP contribution in [0.2, 0.25) is 0 Å². The van der Waals surface area contributed by atoms with Gasteiger partial charge in [-0.15, -0.1) is 0 Å². The van der Waals surface area contributed by atoms with Crippen molar-refractivity contribution in [1.82, 2.24) is 14.5 Å². The highest BCUT2D eigenvalue weighted by Gasteiger charge is 2.25. The predicted octanol–water partition coefficient (Wildman–Crippen LogP) is 2.23. The first-order chi connectivity index (χ1) is 16.8. The van der Waals surface area contributed by atoms with E-state index in [1.165, 1.54) is 25.4 Å². The third-order valence-electron chi connectivity index (χ3n) is 5.50. The van der Waals surface area contributed by atoms with Gasteiger partial charge >= 0.3 is 5.97 Å². The Morgan fingerprint density at radius 3 is 2.46 bits per heavy atom. The van der Waals surface area contributed by atoms with E-state index in [0.29, 0.717) is 28.0 Å². The van der Waals surface area contributed by atoms with Crippen molar-refractivity contribution in [2.75, 3.05) is 19.5 Å². The Labute approximate surface area is 201 Å². The first-order valence-corrected chi connectivity index (χ1v) is 12.4. The minimum absolute atomic E-state index is 0.00719. The van der Waals surface area contributed by atoms with E-state index in [1.54, 1.807) is 35.8 Å². The number of para-hydroxylation sites is 1. The topological polar surface area (TPSA) is 128 Å². The normalized spacial score (nSPS) is 11.5. The summed E-state index contributed by atoms with van der Waals surface area (Å²) in [7, 11) is -2.48. The third kappa shape index (κ3) is 4.71. The lowest BCUT2D eigenvalue weighted by atomic mass is 10.0. The molecular weight excluding hydrogens is 470 g/mol. The van der Waals surface area contributed by atoms with Crippen LogP contribution in [0, 0.1) is 6.92 Å². The van der Waals surface area contributed by atoms with Gasteiger partial charge in [0.2, 0.25) is 0 Å². The number of aliphatic hydroxyl groups is 1. The number of esters is 1. The quantitative estimate of drug-likeness (QED) is 0.388. The molecule has 0 aliphatic heterocycles. The molecule has 0 unspecified atom stereocenters. The molecule has 1 N–H and O–H groups in total. The van der Waals surface area contributed by atoms with Crippen LogP contribution in [0.15, 0.2) is 70.6 Å². The van der Waals surface area contributed by atoms with Crippen molar-refractivity contribution in [2.45, 2.75) is 18.4 Å². The summed E-state index contributed by atoms with van der Waals surface area (Å²) in [5, 5.41) is 9.13. The lowest BCUT2D eigenvalue weighted by molar-refractivity contribution is 0.0590. The van der Waals surface area contributed by atoms with Crippen molar-refractivity contribution in [1.29, 1.82) is 0 Å². The van der Waals surface area contributed by atoms with E-state index in [-0.39, 0.29) is 28.1 Å². The molecule has 0 saturated heterocycles. The fourth-order valence-electron chi connectivity index (χ4n) is 3.83. The van der Waals surface area contributed by atoms with E-state index in [2.05, 4.69) is 9.97 Å². The minimum atomic E-state index is -3.72. The second-order valence-electron chi connectivity index (χ2n) is 7.87. The molecule has 1 aromatic carbocycles. The number of hydrogen-bond donors (Lipinski definition) is 1. The van der Waals surface area contributed by atoms with Crippen LogP contribution in [0.3, 0.4) is 0 Å². The van der Waals surface area contributed by atoms with E-state index in [9.17, 15) is 18.0 Å². The largest absolute Gasteiger partial charge is 0.464 e. The van der Waals surface area contributed by atoms with Gasteiger partial charge in [-0.2, -0.15) is 0 Å². The maximum absolute atomic E-state index is 13.6. The Hall–Kier alpha value is -3.89. The second-order valence-corrected chi connectivity index (χ2v) is 9.92. The Balaban J connectivity index is 1.96. The maximum Gasteiger partial charge on any atom is 0.355 e. The number of hydrogen-bond acceptors (Lipinski definition) is 8. The summed E-state index contributed by atoms with van der Waals surface area (Å²) < 4.78 is 31.0. The zero-order chi connectivity index (χ0) is 25.2. The van der Waals surface area contributed by atoms with E-state index in [4.69, 9.17) is 9.84 Å². The highest BCUT2D eigenvalue weighted by atomic mass is 32.2. The van der Waals surface area contributed by atoms with Crippen LogP contribution in [0.5, 0.6) is 0 Å². The Morgan fingerprint density at radius 1 is 1.09 bits per heavy atom. The number of aryl methyl sites for hydroxylation is 1. The minimum Gasteiger partial charge on any atom is -0.464 e. The summed E-state index contributed by atoms with van der Waals surface area (Å²) in [5.74, 6) is -1.15. The molecular formula is C25H23N3O6S. The van der Waals surface area contributed by atoms with Crippen molar-refractivity contribution >= 4 is 26.8 Å². The lowest BCUT2D eigenvalue weighted by Gasteiger charge is -2.19. The molecule has 0 fully saturated rings. The molecule has 0 aliphatic carbocycles. The Bertz CT molecular complexity index is 1560. The van der Waals surface area contributed by atoms with Gasteiger partial charge in [0.25, 0.3) is 0 Å². The molecule has 180 valence electrons. The number of pyridine rings is 3. The molecule has 3 aromatic heterocycles. The van der Waals surface area contributed by atoms with Crippen molar-refractivity contribution in [3.8, 4) is 5.69 Å². The maximum atomic E-state index is 13.6. The van der Waals surface area contributed by atoms with Crippen LogP contribution < -0.4 is 5.43 Å². The van der Waals surface area contributed by atoms with Gasteiger partial charge in [-0.1, -0.05) is 24.3 Å². The summed E-state index contributed by atoms with van der Waals surface area (Å²) in [5.41, 5.74) is 1.98. The van der Waals surface area contributed by atoms with Gasteiger partial charge in [0, 0.05) is 29.6 Å². The molecule has 10 heteroatoms. The van der Waals surface area contributed by atoms with Gasteiger partial charge in [-0.05, 0) is 42.8 Å². The van der Waals surface area contributed by atoms with Gasteiger partial charge in [0.05, 0.1) is 24.9 Å². The molecule has 4 aromatic rings. The van der Waals surface area contributed by atoms with Gasteiger partial charge in [0.15, 0.2) is 20.3 Å². The summed E-state index contributed by atoms with van der Waals surface area (Å²) in [6, 6.07) is 15.3. The van der Waals surface area contributed by atoms with Crippen molar-refractivity contribution in [3.05, 3.63) is 93.5 Å². The first kappa shape index (κ1) is 24.2. The van der Waals surface area contributed by atoms with Crippen LogP contribution >= 0.6 is 0 Å². The third-order valence-corrected chi connectivity index (χ3v) is 7.10. The number of methoxy groups -OCH3 is 1. The van der Waals surface area contributed by atoms with Gasteiger partial charge in [-0.25, -0.2) is 23.2 Å². The number of sulfone groups is 1. The zero-order valence-corrected chi connectivity index (χ0v) is 19.9. The number of aromatic nitrogens is 3. The fraction of sp³-hybridized carbons (Fsp3) is 0.200. The molecule has 9 nitrogen and oxygen atoms in total. The second kappa shape index (κ2) is 9.77. The number of ether oxygens (including phenoxy) is 1. The van der Waals surface area contributed by atoms with Crippen LogP contribution in [0.4, 0.5) is 0 Å². The number of carbonyl (C=O) groups excluding carboxylic acids is 1. The van der Waals surface area contributed by atoms with E-state index < -0.39 is 28.2 Å². The van der Waals surface area contributed by atoms with Crippen LogP contribution in [0.25, 0.3) is 16.7 Å². The molecule has 0 radical (unpaired) electrons. The van der Waals surface area contributed by atoms with E-state index >= 15 is 0 Å². The van der Waals surface area contributed by atoms with Gasteiger partial charge in [0.1, 0.15) is 11.3 Å². The highest BCUT2D eigenvalue weighted by molar-refractivity contribution is 7.91. The zero-order valence-electron chi connectivity index (χ0n) is 19.1. The molecule has 3 heterocycles. The molecule has 0 saturated carbocycles. The van der Waals surface area contributed by atoms with Crippen molar-refractivity contribution < 1.29 is 23.1 Å². The SMILES string of the molecule is COC(=O)c1c(Cc2ccc(S(=O)(=O)CCO)nc2)c(=O)c2ccc(C)nc2n1-c1ccccc1. The highest BCUT2D eigenvalue weighted by Crippen LogP contribution is 2.24. The molecule has 0 bridgehead atoms. The average Bonchev–Trinajstić information content (AvgIpc) is 2.85. The molecule has 0 atom stereocenters. The van der Waals surface area contributed by atoms with Crippen LogP contribution in [-0.2, 0) is 21.0 Å². The van der Waals surface area contributed by atoms with Gasteiger partial charge < -0.3 is 9.84 Å². The fourth-order valence-corrected chi connectivity index (χ4v) is 4.77.